The predicted molar refractivity (Wildman–Crippen MR) is 58.6 cm³/mol. The lowest BCUT2D eigenvalue weighted by Crippen LogP contribution is -2.21. The molecular formula is C9H17N5. The lowest BCUT2D eigenvalue weighted by molar-refractivity contribution is 0.425. The Morgan fingerprint density at radius 1 is 1.43 bits per heavy atom. The van der Waals surface area contributed by atoms with Crippen LogP contribution in [0.2, 0.25) is 0 Å². The van der Waals surface area contributed by atoms with Crippen LogP contribution in [-0.2, 0) is 0 Å². The highest BCUT2D eigenvalue weighted by atomic mass is 15.1. The second-order valence-corrected chi connectivity index (χ2v) is 3.25. The number of aromatic nitrogens is 2. The molecule has 0 aliphatic heterocycles. The molecule has 1 rings (SSSR count). The summed E-state index contributed by atoms with van der Waals surface area (Å²) in [5.41, 5.74) is 0. The van der Waals surface area contributed by atoms with Gasteiger partial charge in [-0.15, -0.1) is 0 Å². The molecule has 1 aromatic rings. The van der Waals surface area contributed by atoms with Gasteiger partial charge in [-0.1, -0.05) is 0 Å². The van der Waals surface area contributed by atoms with Crippen LogP contribution in [0.4, 0.5) is 11.8 Å². The second kappa shape index (κ2) is 5.39. The SMILES string of the molecule is CNc1nccc(NCCN(C)C)n1. The molecule has 0 fully saturated rings. The number of likely N-dealkylation sites (N-methyl/N-ethyl adjacent to an activating group) is 1. The topological polar surface area (TPSA) is 53.1 Å². The fourth-order valence-electron chi connectivity index (χ4n) is 0.985. The van der Waals surface area contributed by atoms with E-state index in [1.54, 1.807) is 13.2 Å². The summed E-state index contributed by atoms with van der Waals surface area (Å²) < 4.78 is 0. The summed E-state index contributed by atoms with van der Waals surface area (Å²) in [4.78, 5) is 10.4. The summed E-state index contributed by atoms with van der Waals surface area (Å²) >= 11 is 0. The number of nitrogens with zero attached hydrogens (tertiary/aromatic N) is 3. The molecule has 0 aromatic carbocycles. The third kappa shape index (κ3) is 3.57. The quantitative estimate of drug-likeness (QED) is 0.716. The Kier molecular flexibility index (Phi) is 4.12. The summed E-state index contributed by atoms with van der Waals surface area (Å²) in [5, 5.41) is 6.11. The first-order valence-electron chi connectivity index (χ1n) is 4.62. The number of rotatable bonds is 5. The van der Waals surface area contributed by atoms with E-state index in [9.17, 15) is 0 Å². The van der Waals surface area contributed by atoms with E-state index in [1.807, 2.05) is 20.2 Å². The Morgan fingerprint density at radius 2 is 2.21 bits per heavy atom. The highest BCUT2D eigenvalue weighted by Crippen LogP contribution is 2.03. The lowest BCUT2D eigenvalue weighted by Gasteiger charge is -2.10. The Bertz CT molecular complexity index is 274. The van der Waals surface area contributed by atoms with Crippen molar-refractivity contribution in [3.63, 3.8) is 0 Å². The largest absolute Gasteiger partial charge is 0.369 e. The molecule has 0 aliphatic carbocycles. The van der Waals surface area contributed by atoms with Gasteiger partial charge in [0, 0.05) is 26.3 Å². The maximum absolute atomic E-state index is 4.24. The molecule has 2 N–H and O–H groups in total. The molecule has 0 aliphatic rings. The van der Waals surface area contributed by atoms with Crippen molar-refractivity contribution >= 4 is 11.8 Å². The minimum atomic E-state index is 0.639. The van der Waals surface area contributed by atoms with E-state index < -0.39 is 0 Å². The molecule has 0 unspecified atom stereocenters. The number of hydrogen-bond acceptors (Lipinski definition) is 5. The van der Waals surface area contributed by atoms with E-state index in [2.05, 4.69) is 25.5 Å². The van der Waals surface area contributed by atoms with Crippen LogP contribution >= 0.6 is 0 Å². The monoisotopic (exact) mass is 195 g/mol. The average molecular weight is 195 g/mol. The lowest BCUT2D eigenvalue weighted by atomic mass is 10.5. The van der Waals surface area contributed by atoms with Crippen LogP contribution in [0.3, 0.4) is 0 Å². The highest BCUT2D eigenvalue weighted by molar-refractivity contribution is 5.38. The first-order chi connectivity index (χ1) is 6.72. The van der Waals surface area contributed by atoms with Gasteiger partial charge in [0.2, 0.25) is 5.95 Å². The van der Waals surface area contributed by atoms with Crippen LogP contribution in [0.1, 0.15) is 0 Å². The third-order valence-electron chi connectivity index (χ3n) is 1.74. The predicted octanol–water partition coefficient (Wildman–Crippen LogP) is 0.492. The Hall–Kier alpha value is -1.36. The number of hydrogen-bond donors (Lipinski definition) is 2. The molecule has 0 amide bonds. The van der Waals surface area contributed by atoms with Crippen LogP contribution in [0.25, 0.3) is 0 Å². The number of nitrogens with one attached hydrogen (secondary N) is 2. The third-order valence-corrected chi connectivity index (χ3v) is 1.74. The van der Waals surface area contributed by atoms with Crippen molar-refractivity contribution < 1.29 is 0 Å². The van der Waals surface area contributed by atoms with Gasteiger partial charge in [0.05, 0.1) is 0 Å². The van der Waals surface area contributed by atoms with Crippen LogP contribution < -0.4 is 10.6 Å². The average Bonchev–Trinajstić information content (AvgIpc) is 2.18. The Balaban J connectivity index is 2.42. The van der Waals surface area contributed by atoms with Gasteiger partial charge in [0.15, 0.2) is 0 Å². The maximum Gasteiger partial charge on any atom is 0.224 e. The van der Waals surface area contributed by atoms with E-state index in [4.69, 9.17) is 0 Å². The minimum Gasteiger partial charge on any atom is -0.369 e. The number of anilines is 2. The first-order valence-corrected chi connectivity index (χ1v) is 4.62. The molecule has 0 atom stereocenters. The van der Waals surface area contributed by atoms with E-state index in [1.165, 1.54) is 0 Å². The van der Waals surface area contributed by atoms with Gasteiger partial charge in [0.1, 0.15) is 5.82 Å². The molecule has 1 heterocycles. The summed E-state index contributed by atoms with van der Waals surface area (Å²) in [6.07, 6.45) is 1.73. The normalized spacial score (nSPS) is 10.3. The minimum absolute atomic E-state index is 0.639. The van der Waals surface area contributed by atoms with Gasteiger partial charge in [-0.05, 0) is 20.2 Å². The van der Waals surface area contributed by atoms with Gasteiger partial charge in [-0.25, -0.2) is 4.98 Å². The van der Waals surface area contributed by atoms with Crippen molar-refractivity contribution in [2.24, 2.45) is 0 Å². The Morgan fingerprint density at radius 3 is 2.86 bits per heavy atom. The highest BCUT2D eigenvalue weighted by Gasteiger charge is 1.96. The zero-order valence-electron chi connectivity index (χ0n) is 8.91. The van der Waals surface area contributed by atoms with E-state index >= 15 is 0 Å². The molecule has 0 bridgehead atoms. The summed E-state index contributed by atoms with van der Waals surface area (Å²) in [6.45, 7) is 1.87. The molecule has 5 nitrogen and oxygen atoms in total. The van der Waals surface area contributed by atoms with Crippen molar-refractivity contribution in [2.75, 3.05) is 44.9 Å². The molecular weight excluding hydrogens is 178 g/mol. The maximum atomic E-state index is 4.24. The summed E-state index contributed by atoms with van der Waals surface area (Å²) in [5.74, 6) is 1.49. The Labute approximate surface area is 84.6 Å². The standard InChI is InChI=1S/C9H17N5/c1-10-9-12-5-4-8(13-9)11-6-7-14(2)3/h4-5H,6-7H2,1-3H3,(H2,10,11,12,13). The van der Waals surface area contributed by atoms with Gasteiger partial charge >= 0.3 is 0 Å². The van der Waals surface area contributed by atoms with Crippen LogP contribution in [0.15, 0.2) is 12.3 Å². The van der Waals surface area contributed by atoms with E-state index in [0.29, 0.717) is 5.95 Å². The zero-order chi connectivity index (χ0) is 10.4. The molecule has 0 spiro atoms. The van der Waals surface area contributed by atoms with Crippen LogP contribution in [0, 0.1) is 0 Å². The van der Waals surface area contributed by atoms with E-state index in [-0.39, 0.29) is 0 Å². The van der Waals surface area contributed by atoms with Crippen molar-refractivity contribution in [2.45, 2.75) is 0 Å². The fraction of sp³-hybridized carbons (Fsp3) is 0.556. The molecule has 1 aromatic heterocycles. The summed E-state index contributed by atoms with van der Waals surface area (Å²) in [6, 6.07) is 1.86. The summed E-state index contributed by atoms with van der Waals surface area (Å²) in [7, 11) is 5.89. The van der Waals surface area contributed by atoms with Crippen molar-refractivity contribution in [1.29, 1.82) is 0 Å². The van der Waals surface area contributed by atoms with Crippen molar-refractivity contribution in [1.82, 2.24) is 14.9 Å². The van der Waals surface area contributed by atoms with E-state index in [0.717, 1.165) is 18.9 Å². The van der Waals surface area contributed by atoms with Gasteiger partial charge in [0.25, 0.3) is 0 Å². The first kappa shape index (κ1) is 10.7. The molecule has 0 radical (unpaired) electrons. The van der Waals surface area contributed by atoms with Crippen molar-refractivity contribution in [3.8, 4) is 0 Å². The molecule has 14 heavy (non-hydrogen) atoms. The van der Waals surface area contributed by atoms with Gasteiger partial charge in [-0.3, -0.25) is 0 Å². The van der Waals surface area contributed by atoms with Crippen LogP contribution in [-0.4, -0.2) is 49.1 Å². The van der Waals surface area contributed by atoms with Crippen LogP contribution in [0.5, 0.6) is 0 Å². The zero-order valence-corrected chi connectivity index (χ0v) is 8.91. The van der Waals surface area contributed by atoms with Gasteiger partial charge in [-0.2, -0.15) is 4.98 Å². The second-order valence-electron chi connectivity index (χ2n) is 3.25. The molecule has 0 saturated heterocycles. The van der Waals surface area contributed by atoms with Gasteiger partial charge < -0.3 is 15.5 Å². The van der Waals surface area contributed by atoms with Crippen molar-refractivity contribution in [3.05, 3.63) is 12.3 Å². The molecule has 78 valence electrons. The molecule has 5 heteroatoms. The fourth-order valence-corrected chi connectivity index (χ4v) is 0.985. The smallest absolute Gasteiger partial charge is 0.224 e. The molecule has 0 saturated carbocycles.